The molecule has 5 nitrogen and oxygen atoms in total. The Morgan fingerprint density at radius 1 is 1.05 bits per heavy atom. The van der Waals surface area contributed by atoms with Gasteiger partial charge in [-0.05, 0) is 24.3 Å². The average Bonchev–Trinajstić information content (AvgIpc) is 2.89. The van der Waals surface area contributed by atoms with Gasteiger partial charge in [0.15, 0.2) is 5.65 Å². The van der Waals surface area contributed by atoms with Crippen LogP contribution in [-0.4, -0.2) is 34.0 Å². The van der Waals surface area contributed by atoms with E-state index >= 15 is 0 Å². The van der Waals surface area contributed by atoms with E-state index in [1.807, 2.05) is 43.3 Å². The summed E-state index contributed by atoms with van der Waals surface area (Å²) in [6.45, 7) is 0. The van der Waals surface area contributed by atoms with Gasteiger partial charge in [0.05, 0.1) is 6.20 Å². The molecule has 0 bridgehead atoms. The fourth-order valence-corrected chi connectivity index (χ4v) is 2.00. The second kappa shape index (κ2) is 4.97. The molecule has 0 aliphatic rings. The van der Waals surface area contributed by atoms with Crippen LogP contribution in [0.25, 0.3) is 22.6 Å². The highest BCUT2D eigenvalue weighted by Gasteiger charge is 2.35. The third kappa shape index (κ3) is 2.59. The first kappa shape index (κ1) is 14.3. The summed E-state index contributed by atoms with van der Waals surface area (Å²) in [6, 6.07) is 7.47. The lowest BCUT2D eigenvalue weighted by molar-refractivity contribution is -0.144. The maximum absolute atomic E-state index is 12.6. The molecule has 0 spiro atoms. The first-order valence-corrected chi connectivity index (χ1v) is 6.42. The molecule has 2 aromatic heterocycles. The number of fused-ring (bicyclic) bond motifs is 1. The third-order valence-corrected chi connectivity index (χ3v) is 3.15. The fraction of sp³-hybridized carbons (Fsp3) is 0.214. The van der Waals surface area contributed by atoms with Crippen molar-refractivity contribution in [3.8, 4) is 11.4 Å². The predicted octanol–water partition coefficient (Wildman–Crippen LogP) is 3.10. The fourth-order valence-electron chi connectivity index (χ4n) is 2.00. The zero-order valence-corrected chi connectivity index (χ0v) is 11.8. The number of aromatic amines is 1. The first-order chi connectivity index (χ1) is 10.3. The smallest absolute Gasteiger partial charge is 0.378 e. The van der Waals surface area contributed by atoms with Crippen molar-refractivity contribution in [1.82, 2.24) is 19.9 Å². The Morgan fingerprint density at radius 3 is 2.32 bits per heavy atom. The molecular weight excluding hydrogens is 295 g/mol. The van der Waals surface area contributed by atoms with Gasteiger partial charge in [0.1, 0.15) is 11.3 Å². The van der Waals surface area contributed by atoms with Gasteiger partial charge in [-0.2, -0.15) is 13.2 Å². The second-order valence-corrected chi connectivity index (χ2v) is 4.96. The average molecular weight is 307 g/mol. The van der Waals surface area contributed by atoms with Crippen molar-refractivity contribution in [1.29, 1.82) is 0 Å². The van der Waals surface area contributed by atoms with E-state index in [-0.39, 0.29) is 5.65 Å². The molecule has 0 aliphatic heterocycles. The summed E-state index contributed by atoms with van der Waals surface area (Å²) in [7, 11) is 3.84. The Morgan fingerprint density at radius 2 is 1.73 bits per heavy atom. The molecule has 0 radical (unpaired) electrons. The van der Waals surface area contributed by atoms with Crippen LogP contribution in [0.2, 0.25) is 0 Å². The van der Waals surface area contributed by atoms with E-state index in [1.165, 1.54) is 0 Å². The number of aromatic nitrogens is 4. The highest BCUT2D eigenvalue weighted by Crippen LogP contribution is 2.27. The monoisotopic (exact) mass is 307 g/mol. The van der Waals surface area contributed by atoms with Crippen LogP contribution in [0.5, 0.6) is 0 Å². The lowest BCUT2D eigenvalue weighted by Crippen LogP contribution is -2.10. The molecule has 1 aromatic carbocycles. The van der Waals surface area contributed by atoms with Crippen molar-refractivity contribution in [2.24, 2.45) is 0 Å². The maximum Gasteiger partial charge on any atom is 0.451 e. The highest BCUT2D eigenvalue weighted by molar-refractivity contribution is 5.75. The molecule has 3 rings (SSSR count). The number of benzene rings is 1. The van der Waals surface area contributed by atoms with E-state index in [0.29, 0.717) is 11.3 Å². The molecule has 0 atom stereocenters. The quantitative estimate of drug-likeness (QED) is 0.790. The van der Waals surface area contributed by atoms with Gasteiger partial charge in [-0.1, -0.05) is 0 Å². The standard InChI is InChI=1S/C14H12F3N5/c1-22(2)9-5-3-8(4-6-9)11-19-10-7-18-13(14(15,16)17)21-12(10)20-11/h3-7H,1-2H3,(H,18,19,20,21). The van der Waals surface area contributed by atoms with Crippen LogP contribution in [0.3, 0.4) is 0 Å². The molecule has 0 aliphatic carbocycles. The predicted molar refractivity (Wildman–Crippen MR) is 76.4 cm³/mol. The lowest BCUT2D eigenvalue weighted by Gasteiger charge is -2.11. The number of rotatable bonds is 2. The van der Waals surface area contributed by atoms with Gasteiger partial charge < -0.3 is 9.88 Å². The Labute approximate surface area is 123 Å². The van der Waals surface area contributed by atoms with Crippen LogP contribution in [0.4, 0.5) is 18.9 Å². The van der Waals surface area contributed by atoms with Gasteiger partial charge in [-0.3, -0.25) is 0 Å². The molecule has 0 saturated carbocycles. The van der Waals surface area contributed by atoms with Crippen LogP contribution in [-0.2, 0) is 6.18 Å². The van der Waals surface area contributed by atoms with Gasteiger partial charge in [0.2, 0.25) is 5.82 Å². The maximum atomic E-state index is 12.6. The lowest BCUT2D eigenvalue weighted by atomic mass is 10.2. The molecule has 114 valence electrons. The Hall–Kier alpha value is -2.64. The number of anilines is 1. The SMILES string of the molecule is CN(C)c1ccc(-c2nc3nc(C(F)(F)F)ncc3[nH]2)cc1. The van der Waals surface area contributed by atoms with Gasteiger partial charge in [0, 0.05) is 25.3 Å². The van der Waals surface area contributed by atoms with Crippen molar-refractivity contribution in [3.05, 3.63) is 36.3 Å². The number of H-pyrrole nitrogens is 1. The number of halogens is 3. The minimum absolute atomic E-state index is 0.00555. The Balaban J connectivity index is 2.01. The molecule has 3 aromatic rings. The minimum Gasteiger partial charge on any atom is -0.378 e. The number of hydrogen-bond acceptors (Lipinski definition) is 4. The molecule has 0 saturated heterocycles. The number of alkyl halides is 3. The van der Waals surface area contributed by atoms with Crippen LogP contribution in [0, 0.1) is 0 Å². The second-order valence-electron chi connectivity index (χ2n) is 4.96. The summed E-state index contributed by atoms with van der Waals surface area (Å²) in [5.41, 5.74) is 2.13. The number of hydrogen-bond donors (Lipinski definition) is 1. The van der Waals surface area contributed by atoms with Crippen LogP contribution < -0.4 is 4.90 Å². The van der Waals surface area contributed by atoms with E-state index in [1.54, 1.807) is 0 Å². The zero-order valence-electron chi connectivity index (χ0n) is 11.8. The molecule has 22 heavy (non-hydrogen) atoms. The van der Waals surface area contributed by atoms with Gasteiger partial charge in [-0.25, -0.2) is 15.0 Å². The zero-order chi connectivity index (χ0) is 15.9. The summed E-state index contributed by atoms with van der Waals surface area (Å²) in [5, 5.41) is 0. The first-order valence-electron chi connectivity index (χ1n) is 6.42. The Kier molecular flexibility index (Phi) is 3.23. The van der Waals surface area contributed by atoms with Crippen molar-refractivity contribution >= 4 is 16.9 Å². The molecule has 0 fully saturated rings. The number of imidazole rings is 1. The van der Waals surface area contributed by atoms with Gasteiger partial charge in [-0.15, -0.1) is 0 Å². The van der Waals surface area contributed by atoms with E-state index < -0.39 is 12.0 Å². The minimum atomic E-state index is -4.58. The molecule has 0 amide bonds. The van der Waals surface area contributed by atoms with E-state index in [4.69, 9.17) is 0 Å². The van der Waals surface area contributed by atoms with Gasteiger partial charge in [0.25, 0.3) is 0 Å². The highest BCUT2D eigenvalue weighted by atomic mass is 19.4. The van der Waals surface area contributed by atoms with E-state index in [0.717, 1.165) is 17.4 Å². The summed E-state index contributed by atoms with van der Waals surface area (Å²) in [6.07, 6.45) is -3.49. The topological polar surface area (TPSA) is 57.7 Å². The summed E-state index contributed by atoms with van der Waals surface area (Å²) in [4.78, 5) is 15.7. The largest absolute Gasteiger partial charge is 0.451 e. The van der Waals surface area contributed by atoms with Crippen molar-refractivity contribution < 1.29 is 13.2 Å². The molecule has 0 unspecified atom stereocenters. The summed E-state index contributed by atoms with van der Waals surface area (Å²) >= 11 is 0. The molecule has 2 heterocycles. The molecule has 1 N–H and O–H groups in total. The molecular formula is C14H12F3N5. The summed E-state index contributed by atoms with van der Waals surface area (Å²) < 4.78 is 37.8. The van der Waals surface area contributed by atoms with Crippen LogP contribution in [0.1, 0.15) is 5.82 Å². The number of nitrogens with zero attached hydrogens (tertiary/aromatic N) is 4. The van der Waals surface area contributed by atoms with Crippen molar-refractivity contribution in [2.45, 2.75) is 6.18 Å². The van der Waals surface area contributed by atoms with Crippen LogP contribution >= 0.6 is 0 Å². The summed E-state index contributed by atoms with van der Waals surface area (Å²) in [5.74, 6) is -0.741. The van der Waals surface area contributed by atoms with Gasteiger partial charge >= 0.3 is 6.18 Å². The normalized spacial score (nSPS) is 11.9. The third-order valence-electron chi connectivity index (χ3n) is 3.15. The van der Waals surface area contributed by atoms with Crippen molar-refractivity contribution in [2.75, 3.05) is 19.0 Å². The number of nitrogens with one attached hydrogen (secondary N) is 1. The van der Waals surface area contributed by atoms with E-state index in [2.05, 4.69) is 19.9 Å². The Bertz CT molecular complexity index is 805. The van der Waals surface area contributed by atoms with Crippen molar-refractivity contribution in [3.63, 3.8) is 0 Å². The van der Waals surface area contributed by atoms with Crippen LogP contribution in [0.15, 0.2) is 30.5 Å². The molecule has 8 heteroatoms. The van der Waals surface area contributed by atoms with E-state index in [9.17, 15) is 13.2 Å².